The minimum absolute atomic E-state index is 0.0375. The second-order valence-electron chi connectivity index (χ2n) is 9.00. The fourth-order valence-corrected chi connectivity index (χ4v) is 4.05. The molecule has 0 unspecified atom stereocenters. The first kappa shape index (κ1) is 25.9. The van der Waals surface area contributed by atoms with Crippen LogP contribution in [0.2, 0.25) is 0 Å². The largest absolute Gasteiger partial charge is 0.213 e. The molecule has 0 aliphatic rings. The van der Waals surface area contributed by atoms with Crippen LogP contribution in [0.1, 0.15) is 11.6 Å². The summed E-state index contributed by atoms with van der Waals surface area (Å²) in [6.45, 7) is 0. The van der Waals surface area contributed by atoms with Gasteiger partial charge in [-0.15, -0.1) is 0 Å². The molecule has 0 saturated heterocycles. The molecule has 0 amide bonds. The zero-order chi connectivity index (χ0) is 28.3. The molecule has 0 bridgehead atoms. The second-order valence-corrected chi connectivity index (χ2v) is 9.00. The minimum atomic E-state index is -0.409. The van der Waals surface area contributed by atoms with Crippen LogP contribution >= 0.6 is 0 Å². The Morgan fingerprint density at radius 2 is 0.537 bits per heavy atom. The molecule has 0 radical (unpaired) electrons. The van der Waals surface area contributed by atoms with Gasteiger partial charge in [-0.2, -0.15) is 0 Å². The highest BCUT2D eigenvalue weighted by molar-refractivity contribution is 5.62. The quantitative estimate of drug-likeness (QED) is 0.211. The van der Waals surface area contributed by atoms with E-state index in [2.05, 4.69) is 29.9 Å². The fourth-order valence-electron chi connectivity index (χ4n) is 4.05. The Balaban J connectivity index is 1.46. The van der Waals surface area contributed by atoms with Gasteiger partial charge in [0.2, 0.25) is 0 Å². The Morgan fingerprint density at radius 3 is 0.756 bits per heavy atom. The summed E-state index contributed by atoms with van der Waals surface area (Å²) in [7, 11) is 0. The van der Waals surface area contributed by atoms with Crippen LogP contribution in [0.15, 0.2) is 97.1 Å². The van der Waals surface area contributed by atoms with E-state index in [9.17, 15) is 17.6 Å². The molecule has 41 heavy (non-hydrogen) atoms. The third-order valence-corrected chi connectivity index (χ3v) is 6.09. The van der Waals surface area contributed by atoms with E-state index in [-0.39, 0.29) is 29.7 Å². The predicted octanol–water partition coefficient (Wildman–Crippen LogP) is 6.87. The molecule has 0 aliphatic carbocycles. The maximum absolute atomic E-state index is 13.6. The van der Waals surface area contributed by atoms with Gasteiger partial charge in [0.1, 0.15) is 34.9 Å². The van der Waals surface area contributed by atoms with E-state index in [1.807, 2.05) is 0 Å². The molecular weight excluding hydrogens is 532 g/mol. The van der Waals surface area contributed by atoms with Gasteiger partial charge in [-0.3, -0.25) is 0 Å². The van der Waals surface area contributed by atoms with Gasteiger partial charge in [0.05, 0.1) is 6.42 Å². The Morgan fingerprint density at radius 1 is 0.317 bits per heavy atom. The van der Waals surface area contributed by atoms with E-state index in [4.69, 9.17) is 0 Å². The van der Waals surface area contributed by atoms with Crippen LogP contribution in [0.3, 0.4) is 0 Å². The number of hydrogen-bond acceptors (Lipinski definition) is 6. The van der Waals surface area contributed by atoms with E-state index in [0.29, 0.717) is 33.9 Å². The summed E-state index contributed by atoms with van der Waals surface area (Å²) in [5, 5.41) is 0. The van der Waals surface area contributed by atoms with Crippen molar-refractivity contribution in [2.24, 2.45) is 0 Å². The van der Waals surface area contributed by atoms with Crippen LogP contribution in [0.25, 0.3) is 45.6 Å². The van der Waals surface area contributed by atoms with Crippen molar-refractivity contribution in [3.63, 3.8) is 0 Å². The van der Waals surface area contributed by atoms with Crippen LogP contribution in [0, 0.1) is 23.3 Å². The SMILES string of the molecule is Fc1ccc(-c2nc(Cc3nc(-c4ccc(F)cc4)nc(-c4ccc(F)cc4)n3)nc(-c3ccc(F)cc3)n2)cc1. The van der Waals surface area contributed by atoms with Gasteiger partial charge >= 0.3 is 0 Å². The van der Waals surface area contributed by atoms with Crippen molar-refractivity contribution in [2.45, 2.75) is 6.42 Å². The predicted molar refractivity (Wildman–Crippen MR) is 144 cm³/mol. The van der Waals surface area contributed by atoms with E-state index in [1.165, 1.54) is 48.5 Å². The van der Waals surface area contributed by atoms with Crippen molar-refractivity contribution in [2.75, 3.05) is 0 Å². The van der Waals surface area contributed by atoms with Gasteiger partial charge < -0.3 is 0 Å². The van der Waals surface area contributed by atoms with Gasteiger partial charge in [0, 0.05) is 22.3 Å². The molecule has 0 atom stereocenters. The lowest BCUT2D eigenvalue weighted by Gasteiger charge is -2.10. The van der Waals surface area contributed by atoms with E-state index in [0.717, 1.165) is 0 Å². The van der Waals surface area contributed by atoms with Crippen LogP contribution in [0.4, 0.5) is 17.6 Å². The maximum Gasteiger partial charge on any atom is 0.163 e. The first-order valence-electron chi connectivity index (χ1n) is 12.4. The lowest BCUT2D eigenvalue weighted by atomic mass is 10.1. The van der Waals surface area contributed by atoms with Crippen molar-refractivity contribution < 1.29 is 17.6 Å². The monoisotopic (exact) mass is 550 g/mol. The lowest BCUT2D eigenvalue weighted by molar-refractivity contribution is 0.627. The van der Waals surface area contributed by atoms with Crippen molar-refractivity contribution in [3.8, 4) is 45.6 Å². The Labute approximate surface area is 231 Å². The third kappa shape index (κ3) is 5.96. The molecule has 0 spiro atoms. The molecule has 6 nitrogen and oxygen atoms in total. The first-order chi connectivity index (χ1) is 19.9. The summed E-state index contributed by atoms with van der Waals surface area (Å²) >= 11 is 0. The van der Waals surface area contributed by atoms with Crippen LogP contribution in [0.5, 0.6) is 0 Å². The highest BCUT2D eigenvalue weighted by Crippen LogP contribution is 2.24. The minimum Gasteiger partial charge on any atom is -0.213 e. The number of benzene rings is 4. The molecule has 4 aromatic carbocycles. The van der Waals surface area contributed by atoms with Gasteiger partial charge in [0.15, 0.2) is 23.3 Å². The lowest BCUT2D eigenvalue weighted by Crippen LogP contribution is -2.08. The van der Waals surface area contributed by atoms with Gasteiger partial charge in [-0.1, -0.05) is 0 Å². The van der Waals surface area contributed by atoms with E-state index in [1.54, 1.807) is 48.5 Å². The average molecular weight is 551 g/mol. The number of nitrogens with zero attached hydrogens (tertiary/aromatic N) is 6. The summed E-state index contributed by atoms with van der Waals surface area (Å²) in [6, 6.07) is 22.8. The van der Waals surface area contributed by atoms with Gasteiger partial charge in [-0.25, -0.2) is 47.5 Å². The molecule has 0 N–H and O–H groups in total. The maximum atomic E-state index is 13.6. The van der Waals surface area contributed by atoms with Gasteiger partial charge in [-0.05, 0) is 97.1 Å². The molecule has 2 heterocycles. The highest BCUT2D eigenvalue weighted by Gasteiger charge is 2.16. The van der Waals surface area contributed by atoms with Crippen LogP contribution in [-0.2, 0) is 6.42 Å². The highest BCUT2D eigenvalue weighted by atomic mass is 19.1. The Kier molecular flexibility index (Phi) is 6.95. The molecule has 0 aliphatic heterocycles. The topological polar surface area (TPSA) is 77.3 Å². The van der Waals surface area contributed by atoms with Crippen LogP contribution in [-0.4, -0.2) is 29.9 Å². The molecule has 200 valence electrons. The van der Waals surface area contributed by atoms with E-state index >= 15 is 0 Å². The van der Waals surface area contributed by atoms with Gasteiger partial charge in [0.25, 0.3) is 0 Å². The third-order valence-electron chi connectivity index (χ3n) is 6.09. The Hall–Kier alpha value is -5.38. The van der Waals surface area contributed by atoms with Crippen LogP contribution < -0.4 is 0 Å². The number of hydrogen-bond donors (Lipinski definition) is 0. The molecule has 10 heteroatoms. The molecule has 2 aromatic heterocycles. The normalized spacial score (nSPS) is 11.0. The smallest absolute Gasteiger partial charge is 0.163 e. The summed E-state index contributed by atoms with van der Waals surface area (Å²) in [4.78, 5) is 27.4. The molecule has 0 saturated carbocycles. The molecule has 6 aromatic rings. The standard InChI is InChI=1S/C31H18F4N6/c32-22-9-1-18(2-10-22)28-36-26(37-29(40-28)19-3-11-23(33)12-4-19)17-27-38-30(20-5-13-24(34)14-6-20)41-31(39-27)21-7-15-25(35)16-8-21/h1-16H,17H2. The number of aromatic nitrogens is 6. The van der Waals surface area contributed by atoms with E-state index < -0.39 is 23.3 Å². The van der Waals surface area contributed by atoms with Crippen molar-refractivity contribution >= 4 is 0 Å². The second kappa shape index (κ2) is 11.0. The fraction of sp³-hybridized carbons (Fsp3) is 0.0323. The van der Waals surface area contributed by atoms with Crippen molar-refractivity contribution in [1.29, 1.82) is 0 Å². The van der Waals surface area contributed by atoms with Crippen molar-refractivity contribution in [3.05, 3.63) is 132 Å². The number of rotatable bonds is 6. The molecule has 6 rings (SSSR count). The average Bonchev–Trinajstić information content (AvgIpc) is 2.98. The number of halogens is 4. The Bertz CT molecular complexity index is 1560. The summed E-state index contributed by atoms with van der Waals surface area (Å²) in [5.74, 6) is 0.0630. The van der Waals surface area contributed by atoms with Crippen molar-refractivity contribution in [1.82, 2.24) is 29.9 Å². The summed E-state index contributed by atoms with van der Waals surface area (Å²) < 4.78 is 54.4. The zero-order valence-electron chi connectivity index (χ0n) is 21.1. The first-order valence-corrected chi connectivity index (χ1v) is 12.4. The summed E-state index contributed by atoms with van der Waals surface area (Å²) in [6.07, 6.45) is 0.0375. The molecule has 0 fully saturated rings. The zero-order valence-corrected chi connectivity index (χ0v) is 21.1. The summed E-state index contributed by atoms with van der Waals surface area (Å²) in [5.41, 5.74) is 2.20. The molecular formula is C31H18F4N6.